The van der Waals surface area contributed by atoms with Gasteiger partial charge < -0.3 is 15.2 Å². The monoisotopic (exact) mass is 729 g/mol. The highest BCUT2D eigenvalue weighted by atomic mass is 16.5. The van der Waals surface area contributed by atoms with Crippen LogP contribution in [0.1, 0.15) is 145 Å². The van der Waals surface area contributed by atoms with Crippen molar-refractivity contribution < 1.29 is 29.0 Å². The van der Waals surface area contributed by atoms with E-state index in [1.165, 1.54) is 5.57 Å². The van der Waals surface area contributed by atoms with Gasteiger partial charge >= 0.3 is 11.9 Å². The predicted octanol–water partition coefficient (Wildman–Crippen LogP) is 8.60. The van der Waals surface area contributed by atoms with E-state index in [-0.39, 0.29) is 63.8 Å². The van der Waals surface area contributed by atoms with Gasteiger partial charge in [0.25, 0.3) is 0 Å². The molecule has 1 aromatic heterocycles. The number of ether oxygens (including phenoxy) is 1. The van der Waals surface area contributed by atoms with E-state index in [2.05, 4.69) is 69.8 Å². The number of hydrogen-bond donors (Lipinski definition) is 2. The zero-order valence-corrected chi connectivity index (χ0v) is 33.8. The first kappa shape index (κ1) is 39.3. The molecule has 0 bridgehead atoms. The molecule has 1 amide bonds. The molecule has 4 saturated carbocycles. The third-order valence-electron chi connectivity index (χ3n) is 15.7. The fourth-order valence-corrected chi connectivity index (χ4v) is 12.8. The summed E-state index contributed by atoms with van der Waals surface area (Å²) in [6.45, 7) is 21.4. The first-order valence-electron chi connectivity index (χ1n) is 20.1. The SMILES string of the molecule is CC(C)C1=C2C3CC[C@H]4C(C)(CCC5C(C)(C)[C@@H](OC(=O)CC(C)(C)C(=O)O)CC[C@@]54C)[C@]3(C)CC[C@@]2(/C=C/C(=O)N[C@@H](C)c2ncccn2)CC1=O. The fraction of sp³-hybridized carbons (Fsp3) is 0.727. The molecule has 1 heterocycles. The molecular formula is C44H63N3O6. The topological polar surface area (TPSA) is 136 Å². The van der Waals surface area contributed by atoms with Crippen molar-refractivity contribution in [3.8, 4) is 0 Å². The van der Waals surface area contributed by atoms with Gasteiger partial charge in [0.05, 0.1) is 17.9 Å². The summed E-state index contributed by atoms with van der Waals surface area (Å²) in [5.74, 6) is 0.381. The largest absolute Gasteiger partial charge is 0.481 e. The summed E-state index contributed by atoms with van der Waals surface area (Å²) in [6, 6.07) is 1.42. The summed E-state index contributed by atoms with van der Waals surface area (Å²) in [6.07, 6.45) is 14.9. The molecule has 290 valence electrons. The number of carboxylic acid groups (broad SMARTS) is 1. The zero-order valence-electron chi connectivity index (χ0n) is 33.8. The van der Waals surface area contributed by atoms with Crippen LogP contribution in [0, 0.1) is 56.2 Å². The van der Waals surface area contributed by atoms with Crippen molar-refractivity contribution in [2.45, 2.75) is 146 Å². The maximum atomic E-state index is 14.0. The number of hydrogen-bond acceptors (Lipinski definition) is 7. The molecule has 2 N–H and O–H groups in total. The molecule has 9 atom stereocenters. The Morgan fingerprint density at radius 2 is 1.62 bits per heavy atom. The van der Waals surface area contributed by atoms with Crippen LogP contribution in [-0.2, 0) is 23.9 Å². The molecule has 0 aromatic carbocycles. The quantitative estimate of drug-likeness (QED) is 0.191. The molecule has 3 unspecified atom stereocenters. The minimum absolute atomic E-state index is 0.0153. The number of aliphatic carboxylic acids is 1. The van der Waals surface area contributed by atoms with Crippen LogP contribution < -0.4 is 5.32 Å². The van der Waals surface area contributed by atoms with Crippen molar-refractivity contribution in [1.29, 1.82) is 0 Å². The summed E-state index contributed by atoms with van der Waals surface area (Å²) in [7, 11) is 0. The van der Waals surface area contributed by atoms with E-state index in [1.54, 1.807) is 38.4 Å². The number of amides is 1. The number of carbonyl (C=O) groups excluding carboxylic acids is 3. The van der Waals surface area contributed by atoms with Crippen LogP contribution in [-0.4, -0.2) is 44.8 Å². The van der Waals surface area contributed by atoms with E-state index in [1.807, 2.05) is 6.92 Å². The minimum atomic E-state index is -1.17. The van der Waals surface area contributed by atoms with Gasteiger partial charge in [-0.2, -0.15) is 0 Å². The molecule has 0 saturated heterocycles. The first-order chi connectivity index (χ1) is 24.6. The van der Waals surface area contributed by atoms with Crippen molar-refractivity contribution in [2.75, 3.05) is 0 Å². The molecule has 5 aliphatic rings. The Morgan fingerprint density at radius 3 is 2.26 bits per heavy atom. The lowest BCUT2D eigenvalue weighted by atomic mass is 9.33. The maximum Gasteiger partial charge on any atom is 0.309 e. The second-order valence-electron chi connectivity index (χ2n) is 19.7. The molecule has 0 radical (unpaired) electrons. The molecule has 1 aromatic rings. The van der Waals surface area contributed by atoms with Gasteiger partial charge in [0.1, 0.15) is 11.9 Å². The second-order valence-corrected chi connectivity index (χ2v) is 19.7. The Labute approximate surface area is 316 Å². The van der Waals surface area contributed by atoms with Crippen LogP contribution in [0.2, 0.25) is 0 Å². The van der Waals surface area contributed by atoms with Gasteiger partial charge in [-0.3, -0.25) is 19.2 Å². The van der Waals surface area contributed by atoms with E-state index < -0.39 is 22.8 Å². The molecule has 5 aliphatic carbocycles. The Balaban J connectivity index is 1.27. The summed E-state index contributed by atoms with van der Waals surface area (Å²) in [4.78, 5) is 60.7. The minimum Gasteiger partial charge on any atom is -0.481 e. The first-order valence-corrected chi connectivity index (χ1v) is 20.1. The summed E-state index contributed by atoms with van der Waals surface area (Å²) < 4.78 is 6.16. The normalized spacial score (nSPS) is 37.0. The van der Waals surface area contributed by atoms with Crippen molar-refractivity contribution >= 4 is 23.6 Å². The average Bonchev–Trinajstić information content (AvgIpc) is 3.38. The second kappa shape index (κ2) is 13.4. The Morgan fingerprint density at radius 1 is 0.943 bits per heavy atom. The van der Waals surface area contributed by atoms with E-state index in [0.29, 0.717) is 24.1 Å². The van der Waals surface area contributed by atoms with Crippen molar-refractivity contribution in [1.82, 2.24) is 15.3 Å². The van der Waals surface area contributed by atoms with Crippen LogP contribution >= 0.6 is 0 Å². The molecule has 0 spiro atoms. The Hall–Kier alpha value is -3.36. The number of carboxylic acids is 1. The van der Waals surface area contributed by atoms with Gasteiger partial charge in [0, 0.05) is 29.6 Å². The molecule has 9 heteroatoms. The van der Waals surface area contributed by atoms with Crippen LogP contribution in [0.4, 0.5) is 0 Å². The van der Waals surface area contributed by atoms with E-state index in [4.69, 9.17) is 4.74 Å². The number of esters is 1. The number of fused-ring (bicyclic) bond motifs is 7. The number of rotatable bonds is 9. The molecule has 4 fully saturated rings. The van der Waals surface area contributed by atoms with Crippen LogP contribution in [0.25, 0.3) is 0 Å². The third-order valence-corrected chi connectivity index (χ3v) is 15.7. The lowest BCUT2D eigenvalue weighted by Gasteiger charge is -2.72. The standard InChI is InChI=1S/C44H63N3O6/c1-26(2)35-29(48)24-44(19-16-33(49)47-27(3)37-45-22-11-23-46-37)21-20-42(9)28(36(35)44)12-13-31-41(8)17-15-32(53-34(50)25-39(4,5)38(51)52)40(6,7)30(41)14-18-43(31,42)10/h11,16,19,22-23,26-28,30-32H,12-15,17-18,20-21,24-25H2,1-10H3,(H,47,49)(H,51,52)/b19-16+/t27-,28?,30?,31+,32-,41-,42+,43?,44-/m0/s1. The van der Waals surface area contributed by atoms with Gasteiger partial charge in [-0.05, 0) is 135 Å². The smallest absolute Gasteiger partial charge is 0.309 e. The number of carbonyl (C=O) groups is 4. The number of allylic oxidation sites excluding steroid dienone is 3. The Kier molecular flexibility index (Phi) is 9.97. The third kappa shape index (κ3) is 6.30. The average molecular weight is 730 g/mol. The lowest BCUT2D eigenvalue weighted by Crippen LogP contribution is -2.65. The van der Waals surface area contributed by atoms with Gasteiger partial charge in [-0.25, -0.2) is 9.97 Å². The van der Waals surface area contributed by atoms with Crippen molar-refractivity contribution in [3.63, 3.8) is 0 Å². The van der Waals surface area contributed by atoms with Gasteiger partial charge in [0.2, 0.25) is 5.91 Å². The molecular weight excluding hydrogens is 666 g/mol. The van der Waals surface area contributed by atoms with Gasteiger partial charge in [-0.1, -0.05) is 54.5 Å². The van der Waals surface area contributed by atoms with Gasteiger partial charge in [-0.15, -0.1) is 0 Å². The van der Waals surface area contributed by atoms with Gasteiger partial charge in [0.15, 0.2) is 5.78 Å². The number of nitrogens with zero attached hydrogens (tertiary/aromatic N) is 2. The molecule has 0 aliphatic heterocycles. The molecule has 9 nitrogen and oxygen atoms in total. The highest BCUT2D eigenvalue weighted by molar-refractivity contribution is 6.01. The predicted molar refractivity (Wildman–Crippen MR) is 203 cm³/mol. The molecule has 6 rings (SSSR count). The van der Waals surface area contributed by atoms with Crippen molar-refractivity contribution in [2.24, 2.45) is 56.2 Å². The fourth-order valence-electron chi connectivity index (χ4n) is 12.8. The summed E-state index contributed by atoms with van der Waals surface area (Å²) >= 11 is 0. The number of ketones is 1. The number of Topliss-reactive ketones (excluding diaryl/α,β-unsaturated/α-hetero) is 1. The van der Waals surface area contributed by atoms with E-state index in [0.717, 1.165) is 56.9 Å². The Bertz CT molecular complexity index is 1710. The highest BCUT2D eigenvalue weighted by Gasteiger charge is 2.70. The van der Waals surface area contributed by atoms with Crippen LogP contribution in [0.3, 0.4) is 0 Å². The number of aromatic nitrogens is 2. The van der Waals surface area contributed by atoms with Crippen molar-refractivity contribution in [3.05, 3.63) is 47.6 Å². The number of nitrogens with one attached hydrogen (secondary N) is 1. The zero-order chi connectivity index (χ0) is 38.9. The van der Waals surface area contributed by atoms with Crippen LogP contribution in [0.15, 0.2) is 41.8 Å². The maximum absolute atomic E-state index is 14.0. The summed E-state index contributed by atoms with van der Waals surface area (Å²) in [5, 5.41) is 12.6. The van der Waals surface area contributed by atoms with Crippen LogP contribution in [0.5, 0.6) is 0 Å². The van der Waals surface area contributed by atoms with E-state index >= 15 is 0 Å². The molecule has 53 heavy (non-hydrogen) atoms. The van der Waals surface area contributed by atoms with E-state index in [9.17, 15) is 24.3 Å². The highest BCUT2D eigenvalue weighted by Crippen LogP contribution is 2.77. The lowest BCUT2D eigenvalue weighted by molar-refractivity contribution is -0.232. The summed E-state index contributed by atoms with van der Waals surface area (Å²) in [5.41, 5.74) is 0.516.